The van der Waals surface area contributed by atoms with E-state index in [1.807, 2.05) is 25.7 Å². The lowest BCUT2D eigenvalue weighted by Gasteiger charge is -2.36. The average molecular weight is 414 g/mol. The van der Waals surface area contributed by atoms with Crippen molar-refractivity contribution in [3.8, 4) is 0 Å². The quantitative estimate of drug-likeness (QED) is 0.796. The molecule has 0 radical (unpaired) electrons. The van der Waals surface area contributed by atoms with Crippen LogP contribution in [-0.2, 0) is 9.59 Å². The summed E-state index contributed by atoms with van der Waals surface area (Å²) in [6, 6.07) is 4.55. The Balaban J connectivity index is 1.77. The van der Waals surface area contributed by atoms with Gasteiger partial charge in [-0.3, -0.25) is 14.4 Å². The summed E-state index contributed by atoms with van der Waals surface area (Å²) < 4.78 is 0. The molecule has 0 atom stereocenters. The number of likely N-dealkylation sites (tertiary alicyclic amines) is 1. The predicted octanol–water partition coefficient (Wildman–Crippen LogP) is 2.88. The Kier molecular flexibility index (Phi) is 7.12. The summed E-state index contributed by atoms with van der Waals surface area (Å²) >= 11 is 11.8. The number of carbonyl (C=O) groups excluding carboxylic acids is 3. The van der Waals surface area contributed by atoms with Gasteiger partial charge in [-0.2, -0.15) is 0 Å². The van der Waals surface area contributed by atoms with Gasteiger partial charge in [0.15, 0.2) is 0 Å². The lowest BCUT2D eigenvalue weighted by molar-refractivity contribution is -0.140. The van der Waals surface area contributed by atoms with Gasteiger partial charge in [0.05, 0.1) is 17.1 Å². The van der Waals surface area contributed by atoms with Crippen LogP contribution >= 0.6 is 23.2 Å². The van der Waals surface area contributed by atoms with Crippen molar-refractivity contribution in [3.05, 3.63) is 33.8 Å². The molecular weight excluding hydrogens is 389 g/mol. The molecule has 1 fully saturated rings. The van der Waals surface area contributed by atoms with Crippen LogP contribution in [0, 0.1) is 5.41 Å². The summed E-state index contributed by atoms with van der Waals surface area (Å²) in [5.41, 5.74) is -0.133. The van der Waals surface area contributed by atoms with Gasteiger partial charge in [0, 0.05) is 29.6 Å². The summed E-state index contributed by atoms with van der Waals surface area (Å²) in [4.78, 5) is 38.3. The molecule has 0 bridgehead atoms. The van der Waals surface area contributed by atoms with Gasteiger partial charge in [0.1, 0.15) is 0 Å². The van der Waals surface area contributed by atoms with Crippen molar-refractivity contribution in [1.29, 1.82) is 0 Å². The molecule has 2 N–H and O–H groups in total. The van der Waals surface area contributed by atoms with E-state index < -0.39 is 11.3 Å². The first kappa shape index (κ1) is 21.5. The second-order valence-electron chi connectivity index (χ2n) is 7.69. The van der Waals surface area contributed by atoms with E-state index >= 15 is 0 Å². The van der Waals surface area contributed by atoms with Crippen molar-refractivity contribution in [2.75, 3.05) is 19.6 Å². The van der Waals surface area contributed by atoms with Crippen LogP contribution in [0.1, 0.15) is 44.0 Å². The fourth-order valence-corrected chi connectivity index (χ4v) is 3.40. The van der Waals surface area contributed by atoms with E-state index in [9.17, 15) is 14.4 Å². The number of nitrogens with one attached hydrogen (secondary N) is 2. The molecule has 0 unspecified atom stereocenters. The Hall–Kier alpha value is -1.79. The van der Waals surface area contributed by atoms with E-state index in [2.05, 4.69) is 10.6 Å². The Morgan fingerprint density at radius 3 is 2.33 bits per heavy atom. The van der Waals surface area contributed by atoms with Gasteiger partial charge in [-0.05, 0) is 31.0 Å². The lowest BCUT2D eigenvalue weighted by Crippen LogP contribution is -2.50. The first-order valence-electron chi connectivity index (χ1n) is 8.90. The Bertz CT molecular complexity index is 723. The first-order chi connectivity index (χ1) is 12.6. The van der Waals surface area contributed by atoms with Crippen LogP contribution in [0.5, 0.6) is 0 Å². The first-order valence-corrected chi connectivity index (χ1v) is 9.65. The predicted molar refractivity (Wildman–Crippen MR) is 106 cm³/mol. The fraction of sp³-hybridized carbons (Fsp3) is 0.526. The summed E-state index contributed by atoms with van der Waals surface area (Å²) in [7, 11) is 0. The molecular formula is C19H25Cl2N3O3. The molecule has 1 aliphatic rings. The third-order valence-electron chi connectivity index (χ3n) is 4.37. The van der Waals surface area contributed by atoms with Crippen molar-refractivity contribution < 1.29 is 14.4 Å². The van der Waals surface area contributed by atoms with E-state index in [0.29, 0.717) is 31.0 Å². The van der Waals surface area contributed by atoms with Gasteiger partial charge in [-0.15, -0.1) is 0 Å². The molecule has 6 nitrogen and oxygen atoms in total. The highest BCUT2D eigenvalue weighted by Crippen LogP contribution is 2.22. The Morgan fingerprint density at radius 2 is 1.78 bits per heavy atom. The minimum Gasteiger partial charge on any atom is -0.352 e. The highest BCUT2D eigenvalue weighted by molar-refractivity contribution is 6.36. The van der Waals surface area contributed by atoms with Crippen LogP contribution in [0.4, 0.5) is 0 Å². The topological polar surface area (TPSA) is 78.5 Å². The number of amides is 3. The molecule has 1 aliphatic heterocycles. The second kappa shape index (κ2) is 8.93. The molecule has 27 heavy (non-hydrogen) atoms. The highest BCUT2D eigenvalue weighted by atomic mass is 35.5. The molecule has 0 spiro atoms. The number of hydrogen-bond donors (Lipinski definition) is 2. The molecule has 0 aliphatic carbocycles. The molecule has 1 saturated heterocycles. The van der Waals surface area contributed by atoms with Gasteiger partial charge in [0.2, 0.25) is 11.8 Å². The zero-order valence-electron chi connectivity index (χ0n) is 15.8. The van der Waals surface area contributed by atoms with Crippen LogP contribution in [0.15, 0.2) is 18.2 Å². The molecule has 1 aromatic rings. The maximum Gasteiger partial charge on any atom is 0.253 e. The number of rotatable bonds is 4. The van der Waals surface area contributed by atoms with Gasteiger partial charge in [-0.1, -0.05) is 44.0 Å². The van der Waals surface area contributed by atoms with Crippen LogP contribution in [0.25, 0.3) is 0 Å². The van der Waals surface area contributed by atoms with E-state index in [0.717, 1.165) is 0 Å². The normalized spacial score (nSPS) is 15.4. The fourth-order valence-electron chi connectivity index (χ4n) is 2.91. The van der Waals surface area contributed by atoms with Gasteiger partial charge in [0.25, 0.3) is 5.91 Å². The smallest absolute Gasteiger partial charge is 0.253 e. The zero-order chi connectivity index (χ0) is 20.2. The summed E-state index contributed by atoms with van der Waals surface area (Å²) in [6.45, 7) is 6.80. The summed E-state index contributed by atoms with van der Waals surface area (Å²) in [6.07, 6.45) is 1.40. The lowest BCUT2D eigenvalue weighted by atomic mass is 9.93. The second-order valence-corrected chi connectivity index (χ2v) is 8.53. The number of nitrogens with zero attached hydrogens (tertiary/aromatic N) is 1. The molecule has 3 amide bonds. The monoisotopic (exact) mass is 413 g/mol. The van der Waals surface area contributed by atoms with Crippen molar-refractivity contribution in [1.82, 2.24) is 15.5 Å². The van der Waals surface area contributed by atoms with Gasteiger partial charge in [-0.25, -0.2) is 0 Å². The van der Waals surface area contributed by atoms with E-state index in [-0.39, 0.29) is 35.0 Å². The van der Waals surface area contributed by atoms with Crippen LogP contribution < -0.4 is 10.6 Å². The minimum atomic E-state index is -0.433. The SMILES string of the molecule is CC(C)(C)C(=O)N1CCC(NC(=O)CNC(=O)c2ccc(Cl)cc2Cl)CC1. The number of carbonyl (C=O) groups is 3. The summed E-state index contributed by atoms with van der Waals surface area (Å²) in [5, 5.41) is 6.12. The molecule has 2 rings (SSSR count). The number of piperidine rings is 1. The molecule has 1 aromatic carbocycles. The average Bonchev–Trinajstić information content (AvgIpc) is 2.59. The highest BCUT2D eigenvalue weighted by Gasteiger charge is 2.30. The van der Waals surface area contributed by atoms with Crippen LogP contribution in [0.2, 0.25) is 10.0 Å². The van der Waals surface area contributed by atoms with E-state index in [1.165, 1.54) is 12.1 Å². The Morgan fingerprint density at radius 1 is 1.15 bits per heavy atom. The van der Waals surface area contributed by atoms with Crippen molar-refractivity contribution >= 4 is 40.9 Å². The van der Waals surface area contributed by atoms with Crippen LogP contribution in [0.3, 0.4) is 0 Å². The van der Waals surface area contributed by atoms with E-state index in [1.54, 1.807) is 6.07 Å². The molecule has 0 saturated carbocycles. The maximum atomic E-state index is 12.3. The minimum absolute atomic E-state index is 0.00228. The van der Waals surface area contributed by atoms with Gasteiger partial charge >= 0.3 is 0 Å². The maximum absolute atomic E-state index is 12.3. The van der Waals surface area contributed by atoms with Crippen molar-refractivity contribution in [2.45, 2.75) is 39.7 Å². The number of benzene rings is 1. The van der Waals surface area contributed by atoms with E-state index in [4.69, 9.17) is 23.2 Å². The Labute approximate surface area is 169 Å². The molecule has 1 heterocycles. The third-order valence-corrected chi connectivity index (χ3v) is 4.92. The standard InChI is InChI=1S/C19H25Cl2N3O3/c1-19(2,3)18(27)24-8-6-13(7-9-24)23-16(25)11-22-17(26)14-5-4-12(20)10-15(14)21/h4-5,10,13H,6-9,11H2,1-3H3,(H,22,26)(H,23,25). The summed E-state index contributed by atoms with van der Waals surface area (Å²) in [5.74, 6) is -0.578. The number of halogens is 2. The van der Waals surface area contributed by atoms with Crippen molar-refractivity contribution in [3.63, 3.8) is 0 Å². The molecule has 148 valence electrons. The molecule has 8 heteroatoms. The number of hydrogen-bond acceptors (Lipinski definition) is 3. The molecule has 0 aromatic heterocycles. The van der Waals surface area contributed by atoms with Crippen LogP contribution in [-0.4, -0.2) is 48.3 Å². The van der Waals surface area contributed by atoms with Crippen molar-refractivity contribution in [2.24, 2.45) is 5.41 Å². The van der Waals surface area contributed by atoms with Gasteiger partial charge < -0.3 is 15.5 Å². The largest absolute Gasteiger partial charge is 0.352 e. The zero-order valence-corrected chi connectivity index (χ0v) is 17.3. The third kappa shape index (κ3) is 6.11.